The number of piperidine rings is 1. The van der Waals surface area contributed by atoms with E-state index in [0.29, 0.717) is 24.0 Å². The lowest BCUT2D eigenvalue weighted by atomic mass is 10.0. The van der Waals surface area contributed by atoms with Crippen molar-refractivity contribution in [1.29, 1.82) is 0 Å². The lowest BCUT2D eigenvalue weighted by Crippen LogP contribution is -2.63. The molecule has 0 bridgehead atoms. The average Bonchev–Trinajstić information content (AvgIpc) is 2.64. The van der Waals surface area contributed by atoms with Crippen molar-refractivity contribution in [3.8, 4) is 5.75 Å². The van der Waals surface area contributed by atoms with E-state index in [1.54, 1.807) is 12.1 Å². The van der Waals surface area contributed by atoms with E-state index < -0.39 is 17.0 Å². The molecular weight excluding hydrogens is 352 g/mol. The molecule has 0 unspecified atom stereocenters. The van der Waals surface area contributed by atoms with Gasteiger partial charge in [-0.05, 0) is 24.6 Å². The Hall–Kier alpha value is -2.39. The summed E-state index contributed by atoms with van der Waals surface area (Å²) in [5, 5.41) is 6.97. The third-order valence-corrected chi connectivity index (χ3v) is 5.61. The smallest absolute Gasteiger partial charge is 0.252 e. The zero-order valence-electron chi connectivity index (χ0n) is 14.1. The molecule has 3 aliphatic heterocycles. The van der Waals surface area contributed by atoms with Crippen LogP contribution in [-0.4, -0.2) is 65.4 Å². The van der Waals surface area contributed by atoms with Gasteiger partial charge in [-0.25, -0.2) is 0 Å². The molecule has 2 fully saturated rings. The number of carbonyl (C=O) groups excluding carboxylic acids is 3. The summed E-state index contributed by atoms with van der Waals surface area (Å²) in [7, 11) is 3.32. The van der Waals surface area contributed by atoms with Crippen molar-refractivity contribution >= 4 is 33.7 Å². The van der Waals surface area contributed by atoms with Gasteiger partial charge in [0.15, 0.2) is 0 Å². The number of imide groups is 1. The van der Waals surface area contributed by atoms with E-state index >= 15 is 0 Å². The maximum absolute atomic E-state index is 12.6. The van der Waals surface area contributed by atoms with Crippen LogP contribution in [0.4, 0.5) is 5.69 Å². The number of hydrogen-bond donors (Lipinski definition) is 3. The highest BCUT2D eigenvalue weighted by Crippen LogP contribution is 2.35. The third-order valence-electron chi connectivity index (χ3n) is 5.01. The molecule has 0 saturated carbocycles. The van der Waals surface area contributed by atoms with E-state index in [-0.39, 0.29) is 18.7 Å². The Bertz CT molecular complexity index is 786. The minimum absolute atomic E-state index is 0.160. The summed E-state index contributed by atoms with van der Waals surface area (Å²) in [4.78, 5) is 38.3. The van der Waals surface area contributed by atoms with Gasteiger partial charge in [-0.1, -0.05) is 0 Å². The van der Waals surface area contributed by atoms with Crippen LogP contribution in [0.5, 0.6) is 5.75 Å². The molecule has 0 aliphatic carbocycles. The normalized spacial score (nSPS) is 27.7. The molecule has 0 aromatic heterocycles. The standard InChI is InChI=1S/C17H19N4O4Si/c22-14-3-4-17(26,16(24)19-14)20-15(23)10-1-2-12-13(7-10)25-9-11-8-18-5-6-21(11)12/h1-2,7,11,18H,3-6,8-9H2,(H,20,23)(H,19,22,24)/t11-,17+/m1/s1. The predicted molar refractivity (Wildman–Crippen MR) is 94.3 cm³/mol. The van der Waals surface area contributed by atoms with Crippen LogP contribution in [0.1, 0.15) is 23.2 Å². The molecule has 26 heavy (non-hydrogen) atoms. The van der Waals surface area contributed by atoms with Gasteiger partial charge in [0.2, 0.25) is 11.8 Å². The Morgan fingerprint density at radius 3 is 3.04 bits per heavy atom. The Morgan fingerprint density at radius 2 is 2.23 bits per heavy atom. The van der Waals surface area contributed by atoms with Gasteiger partial charge in [0.1, 0.15) is 17.5 Å². The number of piperazine rings is 1. The third kappa shape index (κ3) is 2.97. The summed E-state index contributed by atoms with van der Waals surface area (Å²) in [5.74, 6) is -0.636. The average molecular weight is 371 g/mol. The van der Waals surface area contributed by atoms with Crippen LogP contribution >= 0.6 is 0 Å². The van der Waals surface area contributed by atoms with Gasteiger partial charge in [-0.3, -0.25) is 19.7 Å². The van der Waals surface area contributed by atoms with Crippen LogP contribution in [0.15, 0.2) is 18.2 Å². The quantitative estimate of drug-likeness (QED) is 0.450. The van der Waals surface area contributed by atoms with E-state index in [9.17, 15) is 14.4 Å². The predicted octanol–water partition coefficient (Wildman–Crippen LogP) is -1.11. The molecule has 8 nitrogen and oxygen atoms in total. The van der Waals surface area contributed by atoms with Crippen molar-refractivity contribution < 1.29 is 19.1 Å². The molecule has 4 rings (SSSR count). The minimum Gasteiger partial charge on any atom is -0.489 e. The van der Waals surface area contributed by atoms with E-state index in [1.807, 2.05) is 6.07 Å². The molecule has 3 aliphatic rings. The van der Waals surface area contributed by atoms with Crippen molar-refractivity contribution in [3.05, 3.63) is 23.8 Å². The first kappa shape index (κ1) is 17.0. The first-order valence-electron chi connectivity index (χ1n) is 8.62. The van der Waals surface area contributed by atoms with Gasteiger partial charge in [0.05, 0.1) is 22.0 Å². The Morgan fingerprint density at radius 1 is 1.38 bits per heavy atom. The zero-order valence-corrected chi connectivity index (χ0v) is 15.1. The molecule has 1 aromatic carbocycles. The molecule has 3 amide bonds. The number of nitrogens with one attached hydrogen (secondary N) is 3. The Balaban J connectivity index is 1.53. The molecule has 3 heterocycles. The van der Waals surface area contributed by atoms with Crippen molar-refractivity contribution in [2.45, 2.75) is 24.0 Å². The second-order valence-electron chi connectivity index (χ2n) is 6.78. The number of nitrogens with zero attached hydrogens (tertiary/aromatic N) is 1. The number of ether oxygens (including phenoxy) is 1. The molecule has 9 heteroatoms. The minimum atomic E-state index is -1.29. The first-order chi connectivity index (χ1) is 12.5. The lowest BCUT2D eigenvalue weighted by molar-refractivity contribution is -0.135. The van der Waals surface area contributed by atoms with Crippen LogP contribution in [0.25, 0.3) is 0 Å². The second kappa shape index (κ2) is 6.40. The number of benzene rings is 1. The molecule has 135 valence electrons. The topological polar surface area (TPSA) is 99.8 Å². The van der Waals surface area contributed by atoms with Crippen molar-refractivity contribution in [1.82, 2.24) is 16.0 Å². The van der Waals surface area contributed by atoms with Gasteiger partial charge in [0.25, 0.3) is 5.91 Å². The Kier molecular flexibility index (Phi) is 4.20. The molecule has 3 radical (unpaired) electrons. The highest BCUT2D eigenvalue weighted by Gasteiger charge is 2.40. The summed E-state index contributed by atoms with van der Waals surface area (Å²) < 4.78 is 5.84. The Labute approximate surface area is 154 Å². The fourth-order valence-electron chi connectivity index (χ4n) is 3.52. The van der Waals surface area contributed by atoms with E-state index in [1.165, 1.54) is 0 Å². The fourth-order valence-corrected chi connectivity index (χ4v) is 3.82. The zero-order chi connectivity index (χ0) is 18.3. The van der Waals surface area contributed by atoms with Crippen molar-refractivity contribution in [3.63, 3.8) is 0 Å². The van der Waals surface area contributed by atoms with Crippen molar-refractivity contribution in [2.24, 2.45) is 0 Å². The first-order valence-corrected chi connectivity index (χ1v) is 9.12. The molecule has 3 N–H and O–H groups in total. The summed E-state index contributed by atoms with van der Waals surface area (Å²) in [5.41, 5.74) is 1.38. The summed E-state index contributed by atoms with van der Waals surface area (Å²) in [6.45, 7) is 3.25. The molecule has 0 spiro atoms. The van der Waals surface area contributed by atoms with Crippen LogP contribution in [0.3, 0.4) is 0 Å². The number of hydrogen-bond acceptors (Lipinski definition) is 6. The van der Waals surface area contributed by atoms with Crippen LogP contribution < -0.4 is 25.6 Å². The number of fused-ring (bicyclic) bond motifs is 3. The van der Waals surface area contributed by atoms with Gasteiger partial charge >= 0.3 is 0 Å². The van der Waals surface area contributed by atoms with Gasteiger partial charge in [-0.2, -0.15) is 0 Å². The number of anilines is 1. The van der Waals surface area contributed by atoms with Gasteiger partial charge in [0, 0.05) is 31.6 Å². The van der Waals surface area contributed by atoms with E-state index in [0.717, 1.165) is 25.3 Å². The van der Waals surface area contributed by atoms with E-state index in [2.05, 4.69) is 31.1 Å². The van der Waals surface area contributed by atoms with Crippen LogP contribution in [-0.2, 0) is 9.59 Å². The summed E-state index contributed by atoms with van der Waals surface area (Å²) >= 11 is 0. The summed E-state index contributed by atoms with van der Waals surface area (Å²) in [6, 6.07) is 5.60. The highest BCUT2D eigenvalue weighted by atomic mass is 28.1. The van der Waals surface area contributed by atoms with E-state index in [4.69, 9.17) is 4.74 Å². The maximum Gasteiger partial charge on any atom is 0.252 e. The fraction of sp³-hybridized carbons (Fsp3) is 0.471. The maximum atomic E-state index is 12.6. The highest BCUT2D eigenvalue weighted by molar-refractivity contribution is 6.32. The molecule has 1 aromatic rings. The second-order valence-corrected chi connectivity index (χ2v) is 7.64. The molecule has 2 atom stereocenters. The number of amides is 3. The van der Waals surface area contributed by atoms with Gasteiger partial charge in [-0.15, -0.1) is 0 Å². The molecule has 2 saturated heterocycles. The van der Waals surface area contributed by atoms with Crippen molar-refractivity contribution in [2.75, 3.05) is 31.1 Å². The monoisotopic (exact) mass is 371 g/mol. The lowest BCUT2D eigenvalue weighted by Gasteiger charge is -2.42. The van der Waals surface area contributed by atoms with Crippen LogP contribution in [0.2, 0.25) is 0 Å². The SMILES string of the molecule is O=C1CC[C@@]([Si])(NC(=O)c2ccc3c(c2)OC[C@H]2CNCCN32)C(=O)N1. The number of carbonyl (C=O) groups is 3. The van der Waals surface area contributed by atoms with Gasteiger partial charge < -0.3 is 20.3 Å². The van der Waals surface area contributed by atoms with Crippen LogP contribution in [0, 0.1) is 0 Å². The molecular formula is C17H19N4O4Si. The largest absolute Gasteiger partial charge is 0.489 e. The number of rotatable bonds is 2. The summed E-state index contributed by atoms with van der Waals surface area (Å²) in [6.07, 6.45) is 0.359.